The van der Waals surface area contributed by atoms with Crippen molar-refractivity contribution in [3.8, 4) is 11.5 Å². The number of ether oxygens (including phenoxy) is 2. The highest BCUT2D eigenvalue weighted by atomic mass is 35.5. The number of halogens is 2. The maximum atomic E-state index is 6.14. The summed E-state index contributed by atoms with van der Waals surface area (Å²) in [6.45, 7) is 5.72. The van der Waals surface area contributed by atoms with Crippen molar-refractivity contribution in [2.45, 2.75) is 20.4 Å². The van der Waals surface area contributed by atoms with Crippen LogP contribution in [0.25, 0.3) is 0 Å². The maximum Gasteiger partial charge on any atom is 0.161 e. The summed E-state index contributed by atoms with van der Waals surface area (Å²) in [4.78, 5) is 0. The van der Waals surface area contributed by atoms with Crippen molar-refractivity contribution in [1.29, 1.82) is 0 Å². The van der Waals surface area contributed by atoms with Crippen LogP contribution in [-0.2, 0) is 6.54 Å². The Kier molecular flexibility index (Phi) is 6.22. The molecule has 0 saturated carbocycles. The zero-order valence-corrected chi connectivity index (χ0v) is 14.2. The molecule has 3 nitrogen and oxygen atoms in total. The van der Waals surface area contributed by atoms with E-state index in [0.29, 0.717) is 29.8 Å². The second kappa shape index (κ2) is 8.16. The van der Waals surface area contributed by atoms with Crippen molar-refractivity contribution in [3.63, 3.8) is 0 Å². The largest absolute Gasteiger partial charge is 0.490 e. The second-order valence-electron chi connectivity index (χ2n) is 4.62. The van der Waals surface area contributed by atoms with E-state index in [9.17, 15) is 0 Å². The molecule has 0 radical (unpaired) electrons. The lowest BCUT2D eigenvalue weighted by Crippen LogP contribution is -2.03. The summed E-state index contributed by atoms with van der Waals surface area (Å²) in [6, 6.07) is 11.2. The Morgan fingerprint density at radius 3 is 2.36 bits per heavy atom. The Bertz CT molecular complexity index is 632. The Morgan fingerprint density at radius 2 is 1.64 bits per heavy atom. The van der Waals surface area contributed by atoms with E-state index in [0.717, 1.165) is 22.7 Å². The van der Waals surface area contributed by atoms with E-state index in [1.165, 1.54) is 0 Å². The molecule has 0 heterocycles. The highest BCUT2D eigenvalue weighted by Crippen LogP contribution is 2.30. The van der Waals surface area contributed by atoms with E-state index in [4.69, 9.17) is 32.7 Å². The smallest absolute Gasteiger partial charge is 0.161 e. The van der Waals surface area contributed by atoms with Gasteiger partial charge in [0.1, 0.15) is 0 Å². The average molecular weight is 340 g/mol. The molecule has 2 aromatic carbocycles. The van der Waals surface area contributed by atoms with E-state index >= 15 is 0 Å². The van der Waals surface area contributed by atoms with Gasteiger partial charge in [-0.3, -0.25) is 0 Å². The zero-order chi connectivity index (χ0) is 15.9. The molecule has 0 saturated heterocycles. The van der Waals surface area contributed by atoms with Crippen LogP contribution in [0.1, 0.15) is 19.4 Å². The van der Waals surface area contributed by atoms with Crippen molar-refractivity contribution < 1.29 is 9.47 Å². The first kappa shape index (κ1) is 16.8. The third-order valence-corrected chi connectivity index (χ3v) is 3.58. The number of nitrogens with one attached hydrogen (secondary N) is 1. The molecule has 0 spiro atoms. The third-order valence-electron chi connectivity index (χ3n) is 3.02. The van der Waals surface area contributed by atoms with E-state index < -0.39 is 0 Å². The third kappa shape index (κ3) is 4.46. The summed E-state index contributed by atoms with van der Waals surface area (Å²) >= 11 is 12.1. The van der Waals surface area contributed by atoms with Gasteiger partial charge >= 0.3 is 0 Å². The molecule has 1 N–H and O–H groups in total. The van der Waals surface area contributed by atoms with Gasteiger partial charge in [0.15, 0.2) is 11.5 Å². The summed E-state index contributed by atoms with van der Waals surface area (Å²) in [7, 11) is 0. The number of anilines is 1. The lowest BCUT2D eigenvalue weighted by Gasteiger charge is -2.13. The van der Waals surface area contributed by atoms with Crippen molar-refractivity contribution in [3.05, 3.63) is 52.0 Å². The fourth-order valence-corrected chi connectivity index (χ4v) is 2.39. The van der Waals surface area contributed by atoms with Crippen LogP contribution in [0.15, 0.2) is 36.4 Å². The Morgan fingerprint density at radius 1 is 0.909 bits per heavy atom. The maximum absolute atomic E-state index is 6.14. The van der Waals surface area contributed by atoms with Gasteiger partial charge in [-0.15, -0.1) is 0 Å². The molecule has 118 valence electrons. The summed E-state index contributed by atoms with van der Waals surface area (Å²) < 4.78 is 11.2. The van der Waals surface area contributed by atoms with Crippen LogP contribution in [0.3, 0.4) is 0 Å². The van der Waals surface area contributed by atoms with Gasteiger partial charge in [-0.25, -0.2) is 0 Å². The van der Waals surface area contributed by atoms with Crippen molar-refractivity contribution >= 4 is 28.9 Å². The molecule has 2 aromatic rings. The molecule has 0 aromatic heterocycles. The van der Waals surface area contributed by atoms with Gasteiger partial charge in [0.2, 0.25) is 0 Å². The zero-order valence-electron chi connectivity index (χ0n) is 12.7. The predicted molar refractivity (Wildman–Crippen MR) is 92.6 cm³/mol. The highest BCUT2D eigenvalue weighted by molar-refractivity contribution is 6.35. The minimum atomic E-state index is 0.594. The number of benzene rings is 2. The van der Waals surface area contributed by atoms with Crippen LogP contribution in [0, 0.1) is 0 Å². The van der Waals surface area contributed by atoms with Crippen LogP contribution >= 0.6 is 23.2 Å². The van der Waals surface area contributed by atoms with Crippen LogP contribution in [0.2, 0.25) is 10.0 Å². The van der Waals surface area contributed by atoms with Crippen LogP contribution in [0.4, 0.5) is 5.69 Å². The molecule has 0 aliphatic heterocycles. The predicted octanol–water partition coefficient (Wildman–Crippen LogP) is 5.40. The number of hydrogen-bond donors (Lipinski definition) is 1. The van der Waals surface area contributed by atoms with Gasteiger partial charge < -0.3 is 14.8 Å². The molecule has 22 heavy (non-hydrogen) atoms. The first-order valence-corrected chi connectivity index (χ1v) is 7.97. The van der Waals surface area contributed by atoms with Crippen LogP contribution in [-0.4, -0.2) is 13.2 Å². The van der Waals surface area contributed by atoms with Crippen molar-refractivity contribution in [1.82, 2.24) is 0 Å². The first-order valence-electron chi connectivity index (χ1n) is 7.21. The molecular formula is C17H19Cl2NO2. The second-order valence-corrected chi connectivity index (χ2v) is 5.47. The summed E-state index contributed by atoms with van der Waals surface area (Å²) in [5, 5.41) is 4.56. The number of hydrogen-bond acceptors (Lipinski definition) is 3. The van der Waals surface area contributed by atoms with Gasteiger partial charge in [-0.1, -0.05) is 29.3 Å². The Labute approximate surface area is 141 Å². The van der Waals surface area contributed by atoms with E-state index in [-0.39, 0.29) is 0 Å². The number of rotatable bonds is 7. The van der Waals surface area contributed by atoms with Gasteiger partial charge in [-0.05, 0) is 49.7 Å². The topological polar surface area (TPSA) is 30.5 Å². The molecule has 0 unspecified atom stereocenters. The van der Waals surface area contributed by atoms with E-state index in [2.05, 4.69) is 5.32 Å². The minimum Gasteiger partial charge on any atom is -0.490 e. The van der Waals surface area contributed by atoms with Gasteiger partial charge in [0, 0.05) is 11.6 Å². The molecule has 0 atom stereocenters. The summed E-state index contributed by atoms with van der Waals surface area (Å²) in [5.41, 5.74) is 1.88. The molecular weight excluding hydrogens is 321 g/mol. The molecule has 2 rings (SSSR count). The summed E-state index contributed by atoms with van der Waals surface area (Å²) in [5.74, 6) is 1.51. The van der Waals surface area contributed by atoms with E-state index in [1.807, 2.05) is 38.1 Å². The standard InChI is InChI=1S/C17H19Cl2NO2/c1-3-21-16-8-5-12(9-17(16)22-4-2)11-20-15-10-13(18)6-7-14(15)19/h5-10,20H,3-4,11H2,1-2H3. The highest BCUT2D eigenvalue weighted by Gasteiger charge is 2.07. The van der Waals surface area contributed by atoms with E-state index in [1.54, 1.807) is 12.1 Å². The quantitative estimate of drug-likeness (QED) is 0.732. The SMILES string of the molecule is CCOc1ccc(CNc2cc(Cl)ccc2Cl)cc1OCC. The van der Waals surface area contributed by atoms with Crippen LogP contribution < -0.4 is 14.8 Å². The average Bonchev–Trinajstić information content (AvgIpc) is 2.51. The molecule has 5 heteroatoms. The molecule has 0 aliphatic rings. The fourth-order valence-electron chi connectivity index (χ4n) is 2.04. The van der Waals surface area contributed by atoms with Gasteiger partial charge in [0.05, 0.1) is 23.9 Å². The normalized spacial score (nSPS) is 10.4. The molecule has 0 bridgehead atoms. The molecule has 0 amide bonds. The van der Waals surface area contributed by atoms with Crippen LogP contribution in [0.5, 0.6) is 11.5 Å². The monoisotopic (exact) mass is 339 g/mol. The minimum absolute atomic E-state index is 0.594. The Hall–Kier alpha value is -1.58. The Balaban J connectivity index is 2.12. The lowest BCUT2D eigenvalue weighted by molar-refractivity contribution is 0.287. The van der Waals surface area contributed by atoms with Gasteiger partial charge in [-0.2, -0.15) is 0 Å². The van der Waals surface area contributed by atoms with Crippen molar-refractivity contribution in [2.24, 2.45) is 0 Å². The van der Waals surface area contributed by atoms with Gasteiger partial charge in [0.25, 0.3) is 0 Å². The molecule has 0 fully saturated rings. The molecule has 0 aliphatic carbocycles. The fraction of sp³-hybridized carbons (Fsp3) is 0.294. The summed E-state index contributed by atoms with van der Waals surface area (Å²) in [6.07, 6.45) is 0. The lowest BCUT2D eigenvalue weighted by atomic mass is 10.2. The first-order chi connectivity index (χ1) is 10.6. The van der Waals surface area contributed by atoms with Crippen molar-refractivity contribution in [2.75, 3.05) is 18.5 Å².